The molecule has 0 heterocycles. The summed E-state index contributed by atoms with van der Waals surface area (Å²) in [6.45, 7) is 5.98. The highest BCUT2D eigenvalue weighted by Crippen LogP contribution is 2.29. The lowest BCUT2D eigenvalue weighted by atomic mass is 10.1. The van der Waals surface area contributed by atoms with Crippen LogP contribution in [-0.2, 0) is 4.79 Å². The first-order valence-electron chi connectivity index (χ1n) is 6.37. The van der Waals surface area contributed by atoms with Gasteiger partial charge in [-0.3, -0.25) is 4.79 Å². The average Bonchev–Trinajstić information content (AvgIpc) is 2.37. The average molecular weight is 330 g/mol. The van der Waals surface area contributed by atoms with E-state index < -0.39 is 12.2 Å². The van der Waals surface area contributed by atoms with Crippen LogP contribution in [0.2, 0.25) is 0 Å². The van der Waals surface area contributed by atoms with E-state index in [9.17, 15) is 9.90 Å². The Kier molecular flexibility index (Phi) is 6.31. The molecule has 0 aliphatic heterocycles. The molecular formula is C14H20BrNO3. The zero-order valence-electron chi connectivity index (χ0n) is 11.4. The fraction of sp³-hybridized carbons (Fsp3) is 0.500. The predicted octanol–water partition coefficient (Wildman–Crippen LogP) is 2.80. The summed E-state index contributed by atoms with van der Waals surface area (Å²) in [4.78, 5) is 11.7. The van der Waals surface area contributed by atoms with Gasteiger partial charge >= 0.3 is 0 Å². The minimum Gasteiger partial charge on any atom is -0.481 e. The van der Waals surface area contributed by atoms with Crippen molar-refractivity contribution in [3.8, 4) is 5.75 Å². The number of nitrogens with one attached hydrogen (secondary N) is 1. The van der Waals surface area contributed by atoms with Crippen molar-refractivity contribution in [2.24, 2.45) is 0 Å². The molecule has 0 bridgehead atoms. The summed E-state index contributed by atoms with van der Waals surface area (Å²) in [6, 6.07) is 5.35. The van der Waals surface area contributed by atoms with Crippen molar-refractivity contribution in [2.45, 2.75) is 39.4 Å². The van der Waals surface area contributed by atoms with Gasteiger partial charge in [-0.25, -0.2) is 0 Å². The quantitative estimate of drug-likeness (QED) is 0.843. The summed E-state index contributed by atoms with van der Waals surface area (Å²) in [6.07, 6.45) is -0.362. The second-order valence-electron chi connectivity index (χ2n) is 4.41. The summed E-state index contributed by atoms with van der Waals surface area (Å²) in [7, 11) is 0. The molecule has 1 aromatic carbocycles. The molecule has 1 unspecified atom stereocenters. The molecule has 2 N–H and O–H groups in total. The lowest BCUT2D eigenvalue weighted by molar-refractivity contribution is -0.127. The second kappa shape index (κ2) is 7.50. The third kappa shape index (κ3) is 4.84. The summed E-state index contributed by atoms with van der Waals surface area (Å²) < 4.78 is 6.49. The Morgan fingerprint density at radius 2 is 2.16 bits per heavy atom. The molecule has 0 saturated carbocycles. The number of rotatable bonds is 6. The van der Waals surface area contributed by atoms with Gasteiger partial charge in [0.2, 0.25) is 0 Å². The third-order valence-electron chi connectivity index (χ3n) is 2.64. The Morgan fingerprint density at radius 3 is 2.74 bits per heavy atom. The number of amides is 1. The second-order valence-corrected chi connectivity index (χ2v) is 5.32. The number of benzene rings is 1. The highest BCUT2D eigenvalue weighted by atomic mass is 79.9. The lowest BCUT2D eigenvalue weighted by Gasteiger charge is -2.18. The first-order chi connectivity index (χ1) is 8.95. The SMILES string of the molecule is CCCNC(=O)C(C)Oc1ccc(Br)cc1[C@H](C)O. The maximum atomic E-state index is 11.7. The predicted molar refractivity (Wildman–Crippen MR) is 78.2 cm³/mol. The smallest absolute Gasteiger partial charge is 0.260 e. The van der Waals surface area contributed by atoms with E-state index in [4.69, 9.17) is 4.74 Å². The Balaban J connectivity index is 2.78. The van der Waals surface area contributed by atoms with E-state index >= 15 is 0 Å². The molecule has 0 aliphatic rings. The number of hydrogen-bond donors (Lipinski definition) is 2. The maximum Gasteiger partial charge on any atom is 0.260 e. The highest BCUT2D eigenvalue weighted by Gasteiger charge is 2.17. The van der Waals surface area contributed by atoms with Gasteiger partial charge in [0, 0.05) is 16.6 Å². The number of aliphatic hydroxyl groups is 1. The van der Waals surface area contributed by atoms with Crippen LogP contribution in [0, 0.1) is 0 Å². The van der Waals surface area contributed by atoms with Crippen LogP contribution >= 0.6 is 15.9 Å². The van der Waals surface area contributed by atoms with Crippen LogP contribution in [0.5, 0.6) is 5.75 Å². The first-order valence-corrected chi connectivity index (χ1v) is 7.16. The number of hydrogen-bond acceptors (Lipinski definition) is 3. The zero-order valence-corrected chi connectivity index (χ0v) is 13.0. The topological polar surface area (TPSA) is 58.6 Å². The molecule has 106 valence electrons. The van der Waals surface area contributed by atoms with Crippen LogP contribution in [-0.4, -0.2) is 23.7 Å². The van der Waals surface area contributed by atoms with Gasteiger partial charge < -0.3 is 15.2 Å². The van der Waals surface area contributed by atoms with Crippen molar-refractivity contribution in [1.82, 2.24) is 5.32 Å². The number of halogens is 1. The van der Waals surface area contributed by atoms with E-state index in [-0.39, 0.29) is 5.91 Å². The van der Waals surface area contributed by atoms with Crippen LogP contribution in [0.3, 0.4) is 0 Å². The van der Waals surface area contributed by atoms with Crippen LogP contribution in [0.4, 0.5) is 0 Å². The normalized spacial score (nSPS) is 13.7. The van der Waals surface area contributed by atoms with E-state index in [1.165, 1.54) is 0 Å². The number of carbonyl (C=O) groups is 1. The van der Waals surface area contributed by atoms with E-state index in [1.54, 1.807) is 26.0 Å². The van der Waals surface area contributed by atoms with Gasteiger partial charge in [-0.15, -0.1) is 0 Å². The van der Waals surface area contributed by atoms with Crippen molar-refractivity contribution in [3.63, 3.8) is 0 Å². The maximum absolute atomic E-state index is 11.7. The van der Waals surface area contributed by atoms with Gasteiger partial charge in [-0.05, 0) is 38.5 Å². The highest BCUT2D eigenvalue weighted by molar-refractivity contribution is 9.10. The molecule has 2 atom stereocenters. The van der Waals surface area contributed by atoms with Gasteiger partial charge in [-0.2, -0.15) is 0 Å². The van der Waals surface area contributed by atoms with Gasteiger partial charge in [0.1, 0.15) is 5.75 Å². The minimum atomic E-state index is -0.654. The Bertz CT molecular complexity index is 435. The van der Waals surface area contributed by atoms with Crippen LogP contribution < -0.4 is 10.1 Å². The van der Waals surface area contributed by atoms with Crippen molar-refractivity contribution in [1.29, 1.82) is 0 Å². The Hall–Kier alpha value is -1.07. The summed E-state index contributed by atoms with van der Waals surface area (Å²) in [5, 5.41) is 12.5. The van der Waals surface area contributed by atoms with Crippen molar-refractivity contribution < 1.29 is 14.6 Å². The van der Waals surface area contributed by atoms with E-state index in [0.29, 0.717) is 17.9 Å². The number of ether oxygens (including phenoxy) is 1. The van der Waals surface area contributed by atoms with E-state index in [2.05, 4.69) is 21.2 Å². The molecule has 5 heteroatoms. The molecule has 4 nitrogen and oxygen atoms in total. The Labute approximate surface area is 122 Å². The van der Waals surface area contributed by atoms with E-state index in [0.717, 1.165) is 10.9 Å². The first kappa shape index (κ1) is 16.0. The molecule has 0 aliphatic carbocycles. The zero-order chi connectivity index (χ0) is 14.4. The molecule has 0 spiro atoms. The van der Waals surface area contributed by atoms with Gasteiger partial charge in [0.25, 0.3) is 5.91 Å². The molecule has 0 saturated heterocycles. The molecule has 1 amide bonds. The van der Waals surface area contributed by atoms with Crippen molar-refractivity contribution in [2.75, 3.05) is 6.54 Å². The third-order valence-corrected chi connectivity index (χ3v) is 3.14. The molecule has 0 aromatic heterocycles. The molecule has 0 radical (unpaired) electrons. The van der Waals surface area contributed by atoms with Gasteiger partial charge in [0.15, 0.2) is 6.10 Å². The van der Waals surface area contributed by atoms with Gasteiger partial charge in [-0.1, -0.05) is 22.9 Å². The van der Waals surface area contributed by atoms with E-state index in [1.807, 2.05) is 13.0 Å². The summed E-state index contributed by atoms with van der Waals surface area (Å²) in [5.74, 6) is 0.374. The van der Waals surface area contributed by atoms with Crippen LogP contribution in [0.1, 0.15) is 38.9 Å². The van der Waals surface area contributed by atoms with Gasteiger partial charge in [0.05, 0.1) is 6.10 Å². The molecule has 0 fully saturated rings. The minimum absolute atomic E-state index is 0.152. The lowest BCUT2D eigenvalue weighted by Crippen LogP contribution is -2.36. The molecule has 1 aromatic rings. The van der Waals surface area contributed by atoms with Crippen molar-refractivity contribution >= 4 is 21.8 Å². The number of aliphatic hydroxyl groups excluding tert-OH is 1. The van der Waals surface area contributed by atoms with Crippen LogP contribution in [0.25, 0.3) is 0 Å². The fourth-order valence-corrected chi connectivity index (χ4v) is 1.97. The van der Waals surface area contributed by atoms with Crippen LogP contribution in [0.15, 0.2) is 22.7 Å². The molecule has 19 heavy (non-hydrogen) atoms. The summed E-state index contributed by atoms with van der Waals surface area (Å²) in [5.41, 5.74) is 0.657. The number of carbonyl (C=O) groups excluding carboxylic acids is 1. The van der Waals surface area contributed by atoms with Crippen molar-refractivity contribution in [3.05, 3.63) is 28.2 Å². The Morgan fingerprint density at radius 1 is 1.47 bits per heavy atom. The molecule has 1 rings (SSSR count). The fourth-order valence-electron chi connectivity index (χ4n) is 1.59. The monoisotopic (exact) mass is 329 g/mol. The largest absolute Gasteiger partial charge is 0.481 e. The molecular weight excluding hydrogens is 310 g/mol. The standard InChI is InChI=1S/C14H20BrNO3/c1-4-7-16-14(18)10(3)19-13-6-5-11(15)8-12(13)9(2)17/h5-6,8-10,17H,4,7H2,1-3H3,(H,16,18)/t9-,10?/m0/s1. The summed E-state index contributed by atoms with van der Waals surface area (Å²) >= 11 is 3.35.